The fourth-order valence-corrected chi connectivity index (χ4v) is 5.20. The molecule has 2 aromatic carbocycles. The van der Waals surface area contributed by atoms with E-state index < -0.39 is 10.0 Å². The van der Waals surface area contributed by atoms with Crippen LogP contribution in [0.25, 0.3) is 0 Å². The van der Waals surface area contributed by atoms with Crippen molar-refractivity contribution in [1.29, 1.82) is 0 Å². The van der Waals surface area contributed by atoms with Gasteiger partial charge in [-0.15, -0.1) is 0 Å². The Balaban J connectivity index is 1.53. The van der Waals surface area contributed by atoms with E-state index in [9.17, 15) is 13.2 Å². The van der Waals surface area contributed by atoms with E-state index in [1.54, 1.807) is 0 Å². The average molecular weight is 465 g/mol. The third-order valence-electron chi connectivity index (χ3n) is 5.31. The van der Waals surface area contributed by atoms with Crippen LogP contribution in [0.4, 0.5) is 5.69 Å². The first kappa shape index (κ1) is 23.6. The third-order valence-corrected chi connectivity index (χ3v) is 7.12. The van der Waals surface area contributed by atoms with Gasteiger partial charge in [0.1, 0.15) is 5.75 Å². The maximum atomic E-state index is 12.5. The minimum Gasteiger partial charge on any atom is -0.482 e. The van der Waals surface area contributed by atoms with Gasteiger partial charge in [0.05, 0.1) is 9.92 Å². The van der Waals surface area contributed by atoms with Crippen LogP contribution in [0.5, 0.6) is 5.75 Å². The molecule has 1 saturated carbocycles. The average Bonchev–Trinajstić information content (AvgIpc) is 3.24. The van der Waals surface area contributed by atoms with E-state index in [4.69, 9.17) is 16.3 Å². The van der Waals surface area contributed by atoms with Gasteiger partial charge in [0.2, 0.25) is 10.0 Å². The minimum absolute atomic E-state index is 0.0240. The van der Waals surface area contributed by atoms with Gasteiger partial charge in [0, 0.05) is 11.7 Å². The summed E-state index contributed by atoms with van der Waals surface area (Å²) in [5.41, 5.74) is 1.93. The molecule has 2 N–H and O–H groups in total. The van der Waals surface area contributed by atoms with Gasteiger partial charge in [-0.1, -0.05) is 49.9 Å². The second-order valence-corrected chi connectivity index (χ2v) is 9.95. The maximum absolute atomic E-state index is 12.5. The standard InChI is InChI=1S/C23H29ClN2O4S/c1-2-3-6-17-9-11-18(12-10-17)25-23(27)16-30-22-14-13-20(15-21(22)24)31(28,29)26-19-7-4-5-8-19/h9-15,19,26H,2-8,16H2,1H3,(H,25,27). The van der Waals surface area contributed by atoms with E-state index in [0.717, 1.165) is 44.9 Å². The predicted molar refractivity (Wildman–Crippen MR) is 123 cm³/mol. The molecular weight excluding hydrogens is 436 g/mol. The van der Waals surface area contributed by atoms with E-state index in [0.29, 0.717) is 5.69 Å². The molecule has 0 aromatic heterocycles. The molecule has 1 amide bonds. The molecular formula is C23H29ClN2O4S. The smallest absolute Gasteiger partial charge is 0.262 e. The number of hydrogen-bond donors (Lipinski definition) is 2. The number of carbonyl (C=O) groups is 1. The van der Waals surface area contributed by atoms with Gasteiger partial charge < -0.3 is 10.1 Å². The summed E-state index contributed by atoms with van der Waals surface area (Å²) in [5, 5.41) is 2.92. The van der Waals surface area contributed by atoms with Gasteiger partial charge in [0.25, 0.3) is 5.91 Å². The van der Waals surface area contributed by atoms with Gasteiger partial charge in [0.15, 0.2) is 6.61 Å². The van der Waals surface area contributed by atoms with Crippen molar-refractivity contribution in [3.63, 3.8) is 0 Å². The summed E-state index contributed by atoms with van der Waals surface area (Å²) in [5.74, 6) is -0.0662. The van der Waals surface area contributed by atoms with E-state index in [2.05, 4.69) is 17.0 Å². The molecule has 168 valence electrons. The fraction of sp³-hybridized carbons (Fsp3) is 0.435. The van der Waals surface area contributed by atoms with Gasteiger partial charge in [-0.3, -0.25) is 4.79 Å². The zero-order valence-corrected chi connectivity index (χ0v) is 19.3. The molecule has 0 heterocycles. The Bertz CT molecular complexity index is 987. The SMILES string of the molecule is CCCCc1ccc(NC(=O)COc2ccc(S(=O)(=O)NC3CCCC3)cc2Cl)cc1. The van der Waals surface area contributed by atoms with Crippen molar-refractivity contribution in [2.24, 2.45) is 0 Å². The molecule has 0 bridgehead atoms. The molecule has 1 aliphatic rings. The molecule has 31 heavy (non-hydrogen) atoms. The molecule has 2 aromatic rings. The Morgan fingerprint density at radius 2 is 1.84 bits per heavy atom. The van der Waals surface area contributed by atoms with Gasteiger partial charge in [-0.25, -0.2) is 13.1 Å². The van der Waals surface area contributed by atoms with Crippen molar-refractivity contribution in [2.75, 3.05) is 11.9 Å². The van der Waals surface area contributed by atoms with Crippen LogP contribution in [0.1, 0.15) is 51.0 Å². The van der Waals surface area contributed by atoms with E-state index in [1.165, 1.54) is 23.8 Å². The van der Waals surface area contributed by atoms with Crippen molar-refractivity contribution in [2.45, 2.75) is 62.8 Å². The van der Waals surface area contributed by atoms with Crippen LogP contribution in [0.15, 0.2) is 47.4 Å². The maximum Gasteiger partial charge on any atom is 0.262 e. The largest absolute Gasteiger partial charge is 0.482 e. The zero-order valence-electron chi connectivity index (χ0n) is 17.7. The van der Waals surface area contributed by atoms with Crippen molar-refractivity contribution in [3.05, 3.63) is 53.1 Å². The number of carbonyl (C=O) groups excluding carboxylic acids is 1. The van der Waals surface area contributed by atoms with E-state index in [-0.39, 0.29) is 34.2 Å². The summed E-state index contributed by atoms with van der Waals surface area (Å²) in [4.78, 5) is 12.3. The van der Waals surface area contributed by atoms with Gasteiger partial charge >= 0.3 is 0 Å². The normalized spacial score (nSPS) is 14.5. The Morgan fingerprint density at radius 1 is 1.13 bits per heavy atom. The quantitative estimate of drug-likeness (QED) is 0.522. The Hall–Kier alpha value is -2.09. The second-order valence-electron chi connectivity index (χ2n) is 7.83. The Labute approximate surface area is 189 Å². The number of ether oxygens (including phenoxy) is 1. The first-order chi connectivity index (χ1) is 14.9. The molecule has 0 radical (unpaired) electrons. The molecule has 0 atom stereocenters. The lowest BCUT2D eigenvalue weighted by atomic mass is 10.1. The number of benzene rings is 2. The van der Waals surface area contributed by atoms with Crippen LogP contribution in [0, 0.1) is 0 Å². The first-order valence-electron chi connectivity index (χ1n) is 10.7. The lowest BCUT2D eigenvalue weighted by Gasteiger charge is -2.14. The molecule has 0 aliphatic heterocycles. The van der Waals surface area contributed by atoms with E-state index in [1.807, 2.05) is 24.3 Å². The number of hydrogen-bond acceptors (Lipinski definition) is 4. The van der Waals surface area contributed by atoms with Crippen molar-refractivity contribution in [3.8, 4) is 5.75 Å². The molecule has 1 fully saturated rings. The monoisotopic (exact) mass is 464 g/mol. The van der Waals surface area contributed by atoms with Crippen LogP contribution in [0.3, 0.4) is 0 Å². The fourth-order valence-electron chi connectivity index (χ4n) is 3.57. The Morgan fingerprint density at radius 3 is 2.48 bits per heavy atom. The molecule has 8 heteroatoms. The summed E-state index contributed by atoms with van der Waals surface area (Å²) >= 11 is 6.21. The summed E-state index contributed by atoms with van der Waals surface area (Å²) in [6.45, 7) is 1.92. The predicted octanol–water partition coefficient (Wildman–Crippen LogP) is 4.92. The van der Waals surface area contributed by atoms with Crippen LogP contribution >= 0.6 is 11.6 Å². The highest BCUT2D eigenvalue weighted by molar-refractivity contribution is 7.89. The van der Waals surface area contributed by atoms with Gasteiger partial charge in [-0.05, 0) is 61.6 Å². The van der Waals surface area contributed by atoms with E-state index >= 15 is 0 Å². The number of amides is 1. The molecule has 0 saturated heterocycles. The highest BCUT2D eigenvalue weighted by atomic mass is 35.5. The Kier molecular flexibility index (Phi) is 8.35. The topological polar surface area (TPSA) is 84.5 Å². The van der Waals surface area contributed by atoms with Crippen LogP contribution < -0.4 is 14.8 Å². The third kappa shape index (κ3) is 6.95. The van der Waals surface area contributed by atoms with Crippen LogP contribution in [0.2, 0.25) is 5.02 Å². The molecule has 6 nitrogen and oxygen atoms in total. The summed E-state index contributed by atoms with van der Waals surface area (Å²) in [6, 6.07) is 12.0. The lowest BCUT2D eigenvalue weighted by molar-refractivity contribution is -0.118. The molecule has 1 aliphatic carbocycles. The number of sulfonamides is 1. The van der Waals surface area contributed by atoms with Crippen molar-refractivity contribution >= 4 is 33.2 Å². The van der Waals surface area contributed by atoms with Crippen LogP contribution in [-0.4, -0.2) is 27.0 Å². The minimum atomic E-state index is -3.63. The number of anilines is 1. The highest BCUT2D eigenvalue weighted by Gasteiger charge is 2.23. The second kappa shape index (κ2) is 11.0. The van der Waals surface area contributed by atoms with Crippen molar-refractivity contribution in [1.82, 2.24) is 4.72 Å². The zero-order chi connectivity index (χ0) is 22.3. The summed E-state index contributed by atoms with van der Waals surface area (Å²) < 4.78 is 33.3. The molecule has 3 rings (SSSR count). The highest BCUT2D eigenvalue weighted by Crippen LogP contribution is 2.28. The number of nitrogens with one attached hydrogen (secondary N) is 2. The summed E-state index contributed by atoms with van der Waals surface area (Å²) in [7, 11) is -3.63. The summed E-state index contributed by atoms with van der Waals surface area (Å²) in [6.07, 6.45) is 7.07. The number of unbranched alkanes of at least 4 members (excludes halogenated alkanes) is 1. The lowest BCUT2D eigenvalue weighted by Crippen LogP contribution is -2.32. The number of aryl methyl sites for hydroxylation is 1. The number of rotatable bonds is 10. The van der Waals surface area contributed by atoms with Crippen LogP contribution in [-0.2, 0) is 21.2 Å². The van der Waals surface area contributed by atoms with Crippen molar-refractivity contribution < 1.29 is 17.9 Å². The molecule has 0 unspecified atom stereocenters. The molecule has 0 spiro atoms. The first-order valence-corrected chi connectivity index (χ1v) is 12.6. The number of halogens is 1. The van der Waals surface area contributed by atoms with Gasteiger partial charge in [-0.2, -0.15) is 0 Å².